The number of H-pyrrole nitrogens is 1. The number of fused-ring (bicyclic) bond motifs is 2. The van der Waals surface area contributed by atoms with Gasteiger partial charge in [0.1, 0.15) is 11.8 Å². The summed E-state index contributed by atoms with van der Waals surface area (Å²) < 4.78 is 9.49. The number of hydrogen-bond acceptors (Lipinski definition) is 5. The molecule has 0 amide bonds. The molecule has 8 nitrogen and oxygen atoms in total. The van der Waals surface area contributed by atoms with Crippen LogP contribution in [-0.4, -0.2) is 48.6 Å². The molecule has 0 spiro atoms. The van der Waals surface area contributed by atoms with Gasteiger partial charge in [-0.15, -0.1) is 0 Å². The van der Waals surface area contributed by atoms with E-state index in [-0.39, 0.29) is 11.7 Å². The number of pyridine rings is 1. The van der Waals surface area contributed by atoms with E-state index in [9.17, 15) is 4.79 Å². The van der Waals surface area contributed by atoms with Crippen molar-refractivity contribution < 1.29 is 4.74 Å². The lowest BCUT2D eigenvalue weighted by atomic mass is 10.2. The van der Waals surface area contributed by atoms with E-state index in [0.29, 0.717) is 18.8 Å². The molecule has 5 heterocycles. The maximum atomic E-state index is 12.2. The minimum atomic E-state index is -0.0966. The second kappa shape index (κ2) is 6.33. The van der Waals surface area contributed by atoms with Crippen LogP contribution in [0.3, 0.4) is 0 Å². The summed E-state index contributed by atoms with van der Waals surface area (Å²) >= 11 is 0. The average Bonchev–Trinajstić information content (AvgIpc) is 3.30. The zero-order valence-electron chi connectivity index (χ0n) is 15.0. The molecule has 138 valence electrons. The second-order valence-corrected chi connectivity index (χ2v) is 6.90. The molecule has 8 heteroatoms. The summed E-state index contributed by atoms with van der Waals surface area (Å²) in [6, 6.07) is 9.46. The molecule has 0 bridgehead atoms. The molecule has 1 saturated heterocycles. The van der Waals surface area contributed by atoms with Gasteiger partial charge in [-0.25, -0.2) is 14.5 Å². The molecule has 1 N–H and O–H groups in total. The van der Waals surface area contributed by atoms with Crippen LogP contribution in [0.15, 0.2) is 47.5 Å². The normalized spacial score (nSPS) is 18.5. The number of aromatic nitrogens is 5. The number of aryl methyl sites for hydroxylation is 1. The Kier molecular flexibility index (Phi) is 3.80. The van der Waals surface area contributed by atoms with Gasteiger partial charge in [0.15, 0.2) is 5.65 Å². The summed E-state index contributed by atoms with van der Waals surface area (Å²) in [5, 5.41) is 2.86. The summed E-state index contributed by atoms with van der Waals surface area (Å²) in [7, 11) is 0. The summed E-state index contributed by atoms with van der Waals surface area (Å²) in [5.41, 5.74) is 4.31. The Morgan fingerprint density at radius 1 is 1.26 bits per heavy atom. The predicted molar refractivity (Wildman–Crippen MR) is 99.7 cm³/mol. The van der Waals surface area contributed by atoms with Crippen LogP contribution in [0.1, 0.15) is 23.2 Å². The maximum absolute atomic E-state index is 12.2. The molecule has 0 saturated carbocycles. The zero-order valence-corrected chi connectivity index (χ0v) is 15.0. The fraction of sp³-hybridized carbons (Fsp3) is 0.316. The van der Waals surface area contributed by atoms with Gasteiger partial charge in [0, 0.05) is 49.9 Å². The molecule has 1 unspecified atom stereocenters. The lowest BCUT2D eigenvalue weighted by Crippen LogP contribution is -2.38. The highest BCUT2D eigenvalue weighted by Gasteiger charge is 2.25. The Morgan fingerprint density at radius 3 is 3.07 bits per heavy atom. The van der Waals surface area contributed by atoms with Crippen molar-refractivity contribution in [2.24, 2.45) is 0 Å². The largest absolute Gasteiger partial charge is 0.369 e. The van der Waals surface area contributed by atoms with E-state index < -0.39 is 0 Å². The fourth-order valence-corrected chi connectivity index (χ4v) is 3.63. The smallest absolute Gasteiger partial charge is 0.272 e. The Morgan fingerprint density at radius 2 is 2.19 bits per heavy atom. The molecule has 1 aliphatic rings. The summed E-state index contributed by atoms with van der Waals surface area (Å²) in [5.74, 6) is 0. The molecule has 4 aromatic heterocycles. The van der Waals surface area contributed by atoms with Crippen molar-refractivity contribution in [1.82, 2.24) is 28.9 Å². The lowest BCUT2D eigenvalue weighted by Gasteiger charge is -2.31. The maximum Gasteiger partial charge on any atom is 0.272 e. The molecule has 27 heavy (non-hydrogen) atoms. The minimum absolute atomic E-state index is 0.0878. The fourth-order valence-electron chi connectivity index (χ4n) is 3.63. The standard InChI is InChI=1S/C19H20N6O2/c1-13-3-2-4-17-22-15(11-24(13)17)16-12-23(7-8-27-16)10-14-9-19(26)25-18(21-14)5-6-20-25/h2-6,9,11,16,20H,7-8,10,12H2,1H3. The van der Waals surface area contributed by atoms with E-state index in [1.54, 1.807) is 18.3 Å². The first-order valence-electron chi connectivity index (χ1n) is 9.02. The number of morpholine rings is 1. The number of imidazole rings is 1. The molecule has 0 aliphatic carbocycles. The third-order valence-electron chi connectivity index (χ3n) is 5.01. The topological polar surface area (TPSA) is 79.9 Å². The van der Waals surface area contributed by atoms with Gasteiger partial charge < -0.3 is 9.14 Å². The highest BCUT2D eigenvalue weighted by Crippen LogP contribution is 2.23. The predicted octanol–water partition coefficient (Wildman–Crippen LogP) is 1.55. The van der Waals surface area contributed by atoms with Crippen LogP contribution in [0.25, 0.3) is 11.3 Å². The van der Waals surface area contributed by atoms with Gasteiger partial charge >= 0.3 is 0 Å². The molecule has 1 atom stereocenters. The van der Waals surface area contributed by atoms with Crippen molar-refractivity contribution in [3.8, 4) is 0 Å². The second-order valence-electron chi connectivity index (χ2n) is 6.90. The number of aromatic amines is 1. The van der Waals surface area contributed by atoms with E-state index in [4.69, 9.17) is 9.72 Å². The molecule has 1 aliphatic heterocycles. The molecule has 0 aromatic carbocycles. The van der Waals surface area contributed by atoms with E-state index in [2.05, 4.69) is 38.6 Å². The molecular weight excluding hydrogens is 344 g/mol. The SMILES string of the molecule is Cc1cccc2nc(C3CN(Cc4cc(=O)n5[nH]ccc5n4)CCO3)cn12. The van der Waals surface area contributed by atoms with E-state index in [0.717, 1.165) is 35.8 Å². The van der Waals surface area contributed by atoms with Crippen molar-refractivity contribution in [3.63, 3.8) is 0 Å². The summed E-state index contributed by atoms with van der Waals surface area (Å²) in [6.45, 7) is 4.83. The van der Waals surface area contributed by atoms with Crippen molar-refractivity contribution in [1.29, 1.82) is 0 Å². The van der Waals surface area contributed by atoms with Crippen LogP contribution in [-0.2, 0) is 11.3 Å². The molecular formula is C19H20N6O2. The monoisotopic (exact) mass is 364 g/mol. The number of nitrogens with one attached hydrogen (secondary N) is 1. The van der Waals surface area contributed by atoms with Crippen LogP contribution >= 0.6 is 0 Å². The Hall–Kier alpha value is -2.97. The third kappa shape index (κ3) is 2.92. The van der Waals surface area contributed by atoms with Crippen LogP contribution in [0, 0.1) is 6.92 Å². The highest BCUT2D eigenvalue weighted by atomic mass is 16.5. The molecule has 5 rings (SSSR count). The van der Waals surface area contributed by atoms with E-state index >= 15 is 0 Å². The van der Waals surface area contributed by atoms with Gasteiger partial charge in [-0.2, -0.15) is 0 Å². The van der Waals surface area contributed by atoms with Gasteiger partial charge in [-0.3, -0.25) is 14.8 Å². The quantitative estimate of drug-likeness (QED) is 0.597. The zero-order chi connectivity index (χ0) is 18.4. The number of rotatable bonds is 3. The van der Waals surface area contributed by atoms with E-state index in [1.807, 2.05) is 12.1 Å². The molecule has 4 aromatic rings. The van der Waals surface area contributed by atoms with Crippen molar-refractivity contribution in [2.45, 2.75) is 19.6 Å². The average molecular weight is 364 g/mol. The Balaban J connectivity index is 1.38. The number of hydrogen-bond donors (Lipinski definition) is 1. The van der Waals surface area contributed by atoms with Crippen LogP contribution in [0.2, 0.25) is 0 Å². The Bertz CT molecular complexity index is 1170. The number of ether oxygens (including phenoxy) is 1. The van der Waals surface area contributed by atoms with Gasteiger partial charge in [0.05, 0.1) is 18.0 Å². The lowest BCUT2D eigenvalue weighted by molar-refractivity contribution is -0.0351. The van der Waals surface area contributed by atoms with Crippen molar-refractivity contribution in [2.75, 3.05) is 19.7 Å². The first-order valence-corrected chi connectivity index (χ1v) is 9.02. The van der Waals surface area contributed by atoms with Crippen LogP contribution in [0.4, 0.5) is 0 Å². The summed E-state index contributed by atoms with van der Waals surface area (Å²) in [4.78, 5) is 23.7. The van der Waals surface area contributed by atoms with Crippen LogP contribution < -0.4 is 5.56 Å². The molecule has 1 fully saturated rings. The highest BCUT2D eigenvalue weighted by molar-refractivity contribution is 5.42. The Labute approximate surface area is 155 Å². The van der Waals surface area contributed by atoms with Gasteiger partial charge in [-0.1, -0.05) is 6.07 Å². The van der Waals surface area contributed by atoms with Crippen molar-refractivity contribution >= 4 is 11.3 Å². The minimum Gasteiger partial charge on any atom is -0.369 e. The van der Waals surface area contributed by atoms with E-state index in [1.165, 1.54) is 4.52 Å². The van der Waals surface area contributed by atoms with Crippen molar-refractivity contribution in [3.05, 3.63) is 70.2 Å². The first kappa shape index (κ1) is 16.2. The first-order chi connectivity index (χ1) is 13.2. The number of nitrogens with zero attached hydrogens (tertiary/aromatic N) is 5. The third-order valence-corrected chi connectivity index (χ3v) is 5.01. The van der Waals surface area contributed by atoms with Gasteiger partial charge in [0.2, 0.25) is 0 Å². The van der Waals surface area contributed by atoms with Gasteiger partial charge in [0.25, 0.3) is 5.56 Å². The summed E-state index contributed by atoms with van der Waals surface area (Å²) in [6.07, 6.45) is 3.68. The molecule has 0 radical (unpaired) electrons. The van der Waals surface area contributed by atoms with Crippen LogP contribution in [0.5, 0.6) is 0 Å². The van der Waals surface area contributed by atoms with Gasteiger partial charge in [-0.05, 0) is 19.1 Å².